The molecule has 0 saturated carbocycles. The van der Waals surface area contributed by atoms with Gasteiger partial charge in [-0.25, -0.2) is 0 Å². The number of ether oxygens (including phenoxy) is 1. The molecule has 0 saturated heterocycles. The number of fused-ring (bicyclic) bond motifs is 1. The van der Waals surface area contributed by atoms with Gasteiger partial charge in [-0.1, -0.05) is 36.4 Å². The zero-order valence-electron chi connectivity index (χ0n) is 9.35. The third-order valence-electron chi connectivity index (χ3n) is 3.05. The van der Waals surface area contributed by atoms with E-state index in [1.54, 1.807) is 0 Å². The summed E-state index contributed by atoms with van der Waals surface area (Å²) in [5.41, 5.74) is 2.51. The Kier molecular flexibility index (Phi) is 2.41. The van der Waals surface area contributed by atoms with Crippen LogP contribution in [0.3, 0.4) is 0 Å². The van der Waals surface area contributed by atoms with Crippen LogP contribution in [0.5, 0.6) is 5.75 Å². The molecule has 0 N–H and O–H groups in total. The van der Waals surface area contributed by atoms with Gasteiger partial charge in [-0.05, 0) is 24.1 Å². The van der Waals surface area contributed by atoms with Gasteiger partial charge in [0.1, 0.15) is 12.4 Å². The summed E-state index contributed by atoms with van der Waals surface area (Å²) in [5, 5.41) is 0. The molecule has 3 rings (SSSR count). The van der Waals surface area contributed by atoms with Crippen LogP contribution < -0.4 is 4.74 Å². The van der Waals surface area contributed by atoms with E-state index in [-0.39, 0.29) is 5.78 Å². The van der Waals surface area contributed by atoms with Crippen LogP contribution in [-0.2, 0) is 0 Å². The van der Waals surface area contributed by atoms with Crippen molar-refractivity contribution in [3.63, 3.8) is 0 Å². The minimum atomic E-state index is 0.0989. The molecule has 0 radical (unpaired) electrons. The number of ketones is 1. The van der Waals surface area contributed by atoms with Crippen molar-refractivity contribution in [3.8, 4) is 5.75 Å². The Morgan fingerprint density at radius 3 is 2.82 bits per heavy atom. The average molecular weight is 224 g/mol. The first-order valence-corrected chi connectivity index (χ1v) is 5.68. The van der Waals surface area contributed by atoms with Crippen molar-refractivity contribution >= 4 is 5.78 Å². The van der Waals surface area contributed by atoms with Crippen molar-refractivity contribution in [1.82, 2.24) is 0 Å². The van der Waals surface area contributed by atoms with Gasteiger partial charge in [0.25, 0.3) is 0 Å². The summed E-state index contributed by atoms with van der Waals surface area (Å²) in [6.07, 6.45) is 8.80. The predicted molar refractivity (Wildman–Crippen MR) is 66.2 cm³/mol. The smallest absolute Gasteiger partial charge is 0.196 e. The highest BCUT2D eigenvalue weighted by atomic mass is 16.5. The van der Waals surface area contributed by atoms with E-state index >= 15 is 0 Å². The van der Waals surface area contributed by atoms with Crippen LogP contribution in [-0.4, -0.2) is 12.4 Å². The molecular weight excluding hydrogens is 212 g/mol. The number of Topliss-reactive ketones (excluding diaryl/α,β-unsaturated/α-hetero) is 1. The highest BCUT2D eigenvalue weighted by molar-refractivity contribution is 6.12. The summed E-state index contributed by atoms with van der Waals surface area (Å²) in [6, 6.07) is 7.41. The summed E-state index contributed by atoms with van der Waals surface area (Å²) in [5.74, 6) is 0.791. The molecule has 0 bridgehead atoms. The number of carbonyl (C=O) groups is 1. The van der Waals surface area contributed by atoms with E-state index in [1.165, 1.54) is 0 Å². The number of para-hydroxylation sites is 1. The molecule has 1 aliphatic carbocycles. The van der Waals surface area contributed by atoms with Gasteiger partial charge >= 0.3 is 0 Å². The highest BCUT2D eigenvalue weighted by Crippen LogP contribution is 2.29. The molecule has 0 aromatic heterocycles. The van der Waals surface area contributed by atoms with Crippen LogP contribution in [0.25, 0.3) is 0 Å². The van der Waals surface area contributed by atoms with E-state index in [4.69, 9.17) is 4.74 Å². The van der Waals surface area contributed by atoms with Gasteiger partial charge in [0.15, 0.2) is 5.78 Å². The van der Waals surface area contributed by atoms with E-state index in [1.807, 2.05) is 42.5 Å². The summed E-state index contributed by atoms with van der Waals surface area (Å²) < 4.78 is 5.62. The van der Waals surface area contributed by atoms with Gasteiger partial charge < -0.3 is 4.74 Å². The van der Waals surface area contributed by atoms with Crippen molar-refractivity contribution in [3.05, 3.63) is 65.3 Å². The van der Waals surface area contributed by atoms with Crippen molar-refractivity contribution in [2.75, 3.05) is 6.61 Å². The fourth-order valence-electron chi connectivity index (χ4n) is 2.13. The van der Waals surface area contributed by atoms with Crippen LogP contribution in [0.4, 0.5) is 0 Å². The lowest BCUT2D eigenvalue weighted by molar-refractivity contribution is 0.0998. The lowest BCUT2D eigenvalue weighted by Crippen LogP contribution is -2.20. The average Bonchev–Trinajstić information content (AvgIpc) is 2.40. The van der Waals surface area contributed by atoms with Gasteiger partial charge in [0.05, 0.1) is 5.56 Å². The molecule has 0 amide bonds. The van der Waals surface area contributed by atoms with Crippen LogP contribution in [0.2, 0.25) is 0 Å². The summed E-state index contributed by atoms with van der Waals surface area (Å²) in [6.45, 7) is 0.378. The largest absolute Gasteiger partial charge is 0.488 e. The second-order valence-electron chi connectivity index (χ2n) is 4.11. The van der Waals surface area contributed by atoms with Crippen LogP contribution >= 0.6 is 0 Å². The van der Waals surface area contributed by atoms with Gasteiger partial charge in [-0.15, -0.1) is 0 Å². The van der Waals surface area contributed by atoms with Crippen LogP contribution in [0, 0.1) is 0 Å². The quantitative estimate of drug-likeness (QED) is 0.633. The second-order valence-corrected chi connectivity index (χ2v) is 4.11. The van der Waals surface area contributed by atoms with Crippen molar-refractivity contribution in [1.29, 1.82) is 0 Å². The molecule has 2 heteroatoms. The van der Waals surface area contributed by atoms with E-state index in [2.05, 4.69) is 6.08 Å². The van der Waals surface area contributed by atoms with Crippen molar-refractivity contribution in [2.24, 2.45) is 0 Å². The first kappa shape index (κ1) is 10.1. The van der Waals surface area contributed by atoms with Gasteiger partial charge in [-0.2, -0.15) is 0 Å². The highest BCUT2D eigenvalue weighted by Gasteiger charge is 2.24. The number of hydrogen-bond acceptors (Lipinski definition) is 2. The summed E-state index contributed by atoms with van der Waals surface area (Å²) >= 11 is 0. The Bertz CT molecular complexity index is 562. The molecule has 0 atom stereocenters. The third kappa shape index (κ3) is 1.72. The molecule has 1 aromatic rings. The molecule has 2 aliphatic rings. The lowest BCUT2D eigenvalue weighted by atomic mass is 9.93. The van der Waals surface area contributed by atoms with E-state index in [0.29, 0.717) is 17.9 Å². The fourth-order valence-corrected chi connectivity index (χ4v) is 2.13. The standard InChI is InChI=1S/C15H12O2/c16-15-12-8-4-5-9-14(12)17-10-13(15)11-6-2-1-3-7-11/h1-6,8-9H,7,10H2. The summed E-state index contributed by atoms with van der Waals surface area (Å²) in [7, 11) is 0. The maximum absolute atomic E-state index is 12.3. The Morgan fingerprint density at radius 1 is 1.12 bits per heavy atom. The Morgan fingerprint density at radius 2 is 2.00 bits per heavy atom. The SMILES string of the molecule is O=C1C(=C2C=CC=CC2)COc2ccccc21. The van der Waals surface area contributed by atoms with Gasteiger partial charge in [0.2, 0.25) is 0 Å². The molecule has 0 fully saturated rings. The topological polar surface area (TPSA) is 26.3 Å². The maximum atomic E-state index is 12.3. The minimum Gasteiger partial charge on any atom is -0.488 e. The first-order valence-electron chi connectivity index (χ1n) is 5.68. The number of benzene rings is 1. The molecule has 0 spiro atoms. The molecule has 84 valence electrons. The molecule has 1 heterocycles. The molecule has 1 aromatic carbocycles. The van der Waals surface area contributed by atoms with Crippen molar-refractivity contribution < 1.29 is 9.53 Å². The Hall–Kier alpha value is -2.09. The normalized spacial score (nSPS) is 22.2. The van der Waals surface area contributed by atoms with Crippen molar-refractivity contribution in [2.45, 2.75) is 6.42 Å². The molecule has 1 aliphatic heterocycles. The van der Waals surface area contributed by atoms with Crippen LogP contribution in [0.1, 0.15) is 16.8 Å². The monoisotopic (exact) mass is 224 g/mol. The zero-order chi connectivity index (χ0) is 11.7. The van der Waals surface area contributed by atoms with Gasteiger partial charge in [0, 0.05) is 5.57 Å². The van der Waals surface area contributed by atoms with E-state index in [0.717, 1.165) is 17.6 Å². The molecule has 0 unspecified atom stereocenters. The Labute approximate surface area is 99.9 Å². The summed E-state index contributed by atoms with van der Waals surface area (Å²) in [4.78, 5) is 12.3. The number of hydrogen-bond donors (Lipinski definition) is 0. The second kappa shape index (κ2) is 4.06. The fraction of sp³-hybridized carbons (Fsp3) is 0.133. The van der Waals surface area contributed by atoms with Crippen LogP contribution in [0.15, 0.2) is 59.7 Å². The third-order valence-corrected chi connectivity index (χ3v) is 3.05. The number of rotatable bonds is 0. The Balaban J connectivity index is 2.05. The predicted octanol–water partition coefficient (Wildman–Crippen LogP) is 3.07. The van der Waals surface area contributed by atoms with E-state index in [9.17, 15) is 4.79 Å². The molecule has 2 nitrogen and oxygen atoms in total. The first-order chi connectivity index (χ1) is 8.36. The molecular formula is C15H12O2. The number of carbonyl (C=O) groups excluding carboxylic acids is 1. The zero-order valence-corrected chi connectivity index (χ0v) is 9.35. The minimum absolute atomic E-state index is 0.0989. The lowest BCUT2D eigenvalue weighted by Gasteiger charge is -2.20. The van der Waals surface area contributed by atoms with Gasteiger partial charge in [-0.3, -0.25) is 4.79 Å². The molecule has 17 heavy (non-hydrogen) atoms. The maximum Gasteiger partial charge on any atom is 0.196 e. The number of allylic oxidation sites excluding steroid dienone is 5. The van der Waals surface area contributed by atoms with E-state index < -0.39 is 0 Å².